The Hall–Kier alpha value is -1.16. The molecule has 1 aromatic rings. The van der Waals surface area contributed by atoms with Crippen LogP contribution in [0.2, 0.25) is 0 Å². The minimum Gasteiger partial charge on any atom is -0.344 e. The van der Waals surface area contributed by atoms with E-state index in [-0.39, 0.29) is 0 Å². The minimum absolute atomic E-state index is 0.489. The zero-order chi connectivity index (χ0) is 11.3. The number of nitrogens with one attached hydrogen (secondary N) is 1. The van der Waals surface area contributed by atoms with Crippen LogP contribution in [0.3, 0.4) is 0 Å². The topological polar surface area (TPSA) is 41.1 Å². The number of nitrogens with zero attached hydrogens (tertiary/aromatic N) is 3. The molecule has 4 nitrogen and oxygen atoms in total. The van der Waals surface area contributed by atoms with Crippen molar-refractivity contribution in [1.29, 1.82) is 0 Å². The zero-order valence-corrected chi connectivity index (χ0v) is 9.99. The largest absolute Gasteiger partial charge is 0.344 e. The Kier molecular flexibility index (Phi) is 4.49. The van der Waals surface area contributed by atoms with Gasteiger partial charge in [-0.15, -0.1) is 0 Å². The highest BCUT2D eigenvalue weighted by Crippen LogP contribution is 2.04. The summed E-state index contributed by atoms with van der Waals surface area (Å²) in [5.74, 6) is 0.783. The maximum absolute atomic E-state index is 4.30. The Morgan fingerprint density at radius 1 is 1.33 bits per heavy atom. The van der Waals surface area contributed by atoms with Gasteiger partial charge in [0.25, 0.3) is 0 Å². The molecule has 15 heavy (non-hydrogen) atoms. The van der Waals surface area contributed by atoms with Crippen molar-refractivity contribution >= 4 is 5.95 Å². The minimum atomic E-state index is 0.489. The Balaban J connectivity index is 2.56. The third-order valence-electron chi connectivity index (χ3n) is 2.22. The number of hydrogen-bond acceptors (Lipinski definition) is 4. The summed E-state index contributed by atoms with van der Waals surface area (Å²) in [5, 5.41) is 3.33. The molecule has 0 unspecified atom stereocenters. The maximum Gasteiger partial charge on any atom is 0.224 e. The van der Waals surface area contributed by atoms with Crippen LogP contribution in [0.1, 0.15) is 26.3 Å². The van der Waals surface area contributed by atoms with Gasteiger partial charge in [-0.1, -0.05) is 13.8 Å². The normalized spacial score (nSPS) is 10.7. The first-order valence-electron chi connectivity index (χ1n) is 5.39. The summed E-state index contributed by atoms with van der Waals surface area (Å²) in [7, 11) is 1.99. The molecule has 0 aliphatic carbocycles. The van der Waals surface area contributed by atoms with E-state index in [1.807, 2.05) is 24.3 Å². The molecule has 0 saturated heterocycles. The summed E-state index contributed by atoms with van der Waals surface area (Å²) in [6.45, 7) is 8.08. The molecule has 0 spiro atoms. The van der Waals surface area contributed by atoms with Crippen LogP contribution in [0.4, 0.5) is 5.95 Å². The average Bonchev–Trinajstić information content (AvgIpc) is 2.26. The Bertz CT molecular complexity index is 281. The molecule has 84 valence electrons. The standard InChI is InChI=1S/C11H20N4/c1-5-15(4)11-13-7-10(8-14-11)6-12-9(2)3/h7-9,12H,5-6H2,1-4H3. The van der Waals surface area contributed by atoms with Gasteiger partial charge in [-0.05, 0) is 6.92 Å². The highest BCUT2D eigenvalue weighted by molar-refractivity contribution is 5.27. The number of hydrogen-bond donors (Lipinski definition) is 1. The SMILES string of the molecule is CCN(C)c1ncc(CNC(C)C)cn1. The van der Waals surface area contributed by atoms with E-state index in [2.05, 4.69) is 36.1 Å². The highest BCUT2D eigenvalue weighted by Gasteiger charge is 2.01. The molecular formula is C11H20N4. The van der Waals surface area contributed by atoms with Crippen molar-refractivity contribution in [1.82, 2.24) is 15.3 Å². The number of aromatic nitrogens is 2. The van der Waals surface area contributed by atoms with Gasteiger partial charge in [-0.2, -0.15) is 0 Å². The van der Waals surface area contributed by atoms with E-state index in [1.165, 1.54) is 0 Å². The van der Waals surface area contributed by atoms with E-state index in [0.29, 0.717) is 6.04 Å². The van der Waals surface area contributed by atoms with E-state index < -0.39 is 0 Å². The first kappa shape index (κ1) is 11.9. The van der Waals surface area contributed by atoms with Gasteiger partial charge in [-0.25, -0.2) is 9.97 Å². The van der Waals surface area contributed by atoms with Gasteiger partial charge in [0.2, 0.25) is 5.95 Å². The summed E-state index contributed by atoms with van der Waals surface area (Å²) in [4.78, 5) is 10.6. The predicted octanol–water partition coefficient (Wildman–Crippen LogP) is 1.43. The highest BCUT2D eigenvalue weighted by atomic mass is 15.2. The van der Waals surface area contributed by atoms with Crippen molar-refractivity contribution in [2.45, 2.75) is 33.4 Å². The lowest BCUT2D eigenvalue weighted by molar-refractivity contribution is 0.586. The first-order chi connectivity index (χ1) is 7.13. The van der Waals surface area contributed by atoms with Crippen LogP contribution in [-0.4, -0.2) is 29.6 Å². The summed E-state index contributed by atoms with van der Waals surface area (Å²) < 4.78 is 0. The lowest BCUT2D eigenvalue weighted by Gasteiger charge is -2.14. The van der Waals surface area contributed by atoms with Gasteiger partial charge in [0.05, 0.1) is 0 Å². The molecule has 0 amide bonds. The van der Waals surface area contributed by atoms with Crippen molar-refractivity contribution in [2.75, 3.05) is 18.5 Å². The molecular weight excluding hydrogens is 188 g/mol. The van der Waals surface area contributed by atoms with Crippen molar-refractivity contribution in [3.05, 3.63) is 18.0 Å². The van der Waals surface area contributed by atoms with Crippen molar-refractivity contribution in [3.63, 3.8) is 0 Å². The fourth-order valence-corrected chi connectivity index (χ4v) is 1.10. The van der Waals surface area contributed by atoms with E-state index in [4.69, 9.17) is 0 Å². The average molecular weight is 208 g/mol. The molecule has 0 atom stereocenters. The van der Waals surface area contributed by atoms with Gasteiger partial charge >= 0.3 is 0 Å². The number of anilines is 1. The predicted molar refractivity (Wildman–Crippen MR) is 63.0 cm³/mol. The van der Waals surface area contributed by atoms with Gasteiger partial charge in [0.15, 0.2) is 0 Å². The fraction of sp³-hybridized carbons (Fsp3) is 0.636. The fourth-order valence-electron chi connectivity index (χ4n) is 1.10. The van der Waals surface area contributed by atoms with E-state index in [0.717, 1.165) is 24.6 Å². The molecule has 1 heterocycles. The van der Waals surface area contributed by atoms with E-state index in [1.54, 1.807) is 0 Å². The quantitative estimate of drug-likeness (QED) is 0.794. The summed E-state index contributed by atoms with van der Waals surface area (Å²) >= 11 is 0. The van der Waals surface area contributed by atoms with Crippen LogP contribution in [0, 0.1) is 0 Å². The zero-order valence-electron chi connectivity index (χ0n) is 9.99. The van der Waals surface area contributed by atoms with Gasteiger partial charge in [0.1, 0.15) is 0 Å². The van der Waals surface area contributed by atoms with Gasteiger partial charge in [-0.3, -0.25) is 0 Å². The molecule has 0 aliphatic rings. The summed E-state index contributed by atoms with van der Waals surface area (Å²) in [6.07, 6.45) is 3.76. The van der Waals surface area contributed by atoms with Crippen LogP contribution in [-0.2, 0) is 6.54 Å². The second-order valence-electron chi connectivity index (χ2n) is 3.94. The third-order valence-corrected chi connectivity index (χ3v) is 2.22. The maximum atomic E-state index is 4.30. The van der Waals surface area contributed by atoms with Crippen molar-refractivity contribution in [3.8, 4) is 0 Å². The van der Waals surface area contributed by atoms with Crippen molar-refractivity contribution < 1.29 is 0 Å². The van der Waals surface area contributed by atoms with Crippen LogP contribution in [0.25, 0.3) is 0 Å². The monoisotopic (exact) mass is 208 g/mol. The molecule has 0 aromatic carbocycles. The smallest absolute Gasteiger partial charge is 0.224 e. The van der Waals surface area contributed by atoms with Crippen LogP contribution in [0.5, 0.6) is 0 Å². The summed E-state index contributed by atoms with van der Waals surface area (Å²) in [5.41, 5.74) is 1.12. The molecule has 0 aliphatic heterocycles. The first-order valence-corrected chi connectivity index (χ1v) is 5.39. The molecule has 1 N–H and O–H groups in total. The molecule has 0 saturated carbocycles. The lowest BCUT2D eigenvalue weighted by Crippen LogP contribution is -2.22. The molecule has 1 aromatic heterocycles. The number of rotatable bonds is 5. The van der Waals surface area contributed by atoms with Crippen molar-refractivity contribution in [2.24, 2.45) is 0 Å². The molecule has 0 radical (unpaired) electrons. The van der Waals surface area contributed by atoms with E-state index >= 15 is 0 Å². The van der Waals surface area contributed by atoms with Crippen LogP contribution >= 0.6 is 0 Å². The lowest BCUT2D eigenvalue weighted by atomic mass is 10.3. The second kappa shape index (κ2) is 5.66. The molecule has 1 rings (SSSR count). The third kappa shape index (κ3) is 3.83. The van der Waals surface area contributed by atoms with Crippen LogP contribution < -0.4 is 10.2 Å². The Morgan fingerprint density at radius 2 is 1.93 bits per heavy atom. The van der Waals surface area contributed by atoms with Gasteiger partial charge in [0, 0.05) is 44.1 Å². The molecule has 0 bridgehead atoms. The van der Waals surface area contributed by atoms with Crippen LogP contribution in [0.15, 0.2) is 12.4 Å². The Morgan fingerprint density at radius 3 is 2.40 bits per heavy atom. The second-order valence-corrected chi connectivity index (χ2v) is 3.94. The van der Waals surface area contributed by atoms with Gasteiger partial charge < -0.3 is 10.2 Å². The molecule has 0 fully saturated rings. The molecule has 4 heteroatoms. The van der Waals surface area contributed by atoms with E-state index in [9.17, 15) is 0 Å². The summed E-state index contributed by atoms with van der Waals surface area (Å²) in [6, 6.07) is 0.489. The Labute approximate surface area is 91.7 Å².